The Labute approximate surface area is 194 Å². The van der Waals surface area contributed by atoms with E-state index in [2.05, 4.69) is 25.6 Å². The quantitative estimate of drug-likeness (QED) is 0.259. The van der Waals surface area contributed by atoms with Crippen LogP contribution in [-0.4, -0.2) is 38.2 Å². The molecule has 4 rings (SSSR count). The number of rotatable bonds is 7. The number of hydrogen-bond donors (Lipinski definition) is 2. The Kier molecular flexibility index (Phi) is 6.70. The molecule has 0 aliphatic rings. The maximum absolute atomic E-state index is 13.0. The summed E-state index contributed by atoms with van der Waals surface area (Å²) < 4.78 is 45.2. The molecule has 0 saturated carbocycles. The fourth-order valence-corrected chi connectivity index (χ4v) is 4.29. The topological polar surface area (TPSA) is 99.8 Å². The summed E-state index contributed by atoms with van der Waals surface area (Å²) in [6.45, 7) is 0.318. The lowest BCUT2D eigenvalue weighted by molar-refractivity contribution is -0.137. The number of fused-ring (bicyclic) bond motifs is 1. The molecule has 4 aromatic rings. The van der Waals surface area contributed by atoms with Crippen molar-refractivity contribution in [3.05, 3.63) is 57.8 Å². The molecule has 2 N–H and O–H groups in total. The maximum atomic E-state index is 13.0. The van der Waals surface area contributed by atoms with Crippen LogP contribution in [0.1, 0.15) is 24.2 Å². The first-order chi connectivity index (χ1) is 15.8. The normalized spacial score (nSPS) is 11.6. The summed E-state index contributed by atoms with van der Waals surface area (Å²) >= 11 is 6.56. The van der Waals surface area contributed by atoms with Crippen molar-refractivity contribution in [1.82, 2.24) is 25.6 Å². The van der Waals surface area contributed by atoms with Crippen LogP contribution in [0.15, 0.2) is 42.5 Å². The van der Waals surface area contributed by atoms with Crippen molar-refractivity contribution in [3.63, 3.8) is 0 Å². The molecule has 0 bridgehead atoms. The van der Waals surface area contributed by atoms with Crippen LogP contribution >= 0.6 is 23.6 Å². The van der Waals surface area contributed by atoms with Gasteiger partial charge < -0.3 is 9.72 Å². The number of aromatic amines is 2. The molecule has 0 unspecified atom stereocenters. The lowest BCUT2D eigenvalue weighted by atomic mass is 10.2. The van der Waals surface area contributed by atoms with Crippen molar-refractivity contribution in [2.24, 2.45) is 0 Å². The fourth-order valence-electron chi connectivity index (χ4n) is 3.14. The first-order valence-electron chi connectivity index (χ1n) is 9.81. The van der Waals surface area contributed by atoms with E-state index >= 15 is 0 Å². The number of unbranched alkanes of at least 4 members (excludes halogenated alkanes) is 1. The molecular weight excluding hydrogens is 477 g/mol. The number of tetrazole rings is 1. The molecule has 13 heteroatoms. The smallest absolute Gasteiger partial charge is 0.410 e. The molecule has 172 valence electrons. The summed E-state index contributed by atoms with van der Waals surface area (Å²) in [5, 5.41) is 13.7. The maximum Gasteiger partial charge on any atom is 0.419 e. The van der Waals surface area contributed by atoms with E-state index in [9.17, 15) is 18.0 Å². The number of aryl methyl sites for hydroxylation is 1. The van der Waals surface area contributed by atoms with Gasteiger partial charge in [0.15, 0.2) is 9.78 Å². The average molecular weight is 495 g/mol. The summed E-state index contributed by atoms with van der Waals surface area (Å²) in [5.74, 6) is 0.588. The van der Waals surface area contributed by atoms with Crippen LogP contribution in [-0.2, 0) is 12.6 Å². The standard InChI is InChI=1S/C20H17F3N6O2S2/c21-20(22,23)12-4-7-14(8-5-12)31-19(30)29(10-2-1-3-17-25-27-28-26-17)13-6-9-15-16(11-13)33-18(32)24-15/h4-9,11H,1-3,10H2,(H,24,32)(H,25,26,27,28). The van der Waals surface area contributed by atoms with Crippen LogP contribution < -0.4 is 9.64 Å². The van der Waals surface area contributed by atoms with E-state index in [0.717, 1.165) is 34.5 Å². The number of nitrogens with one attached hydrogen (secondary N) is 2. The van der Waals surface area contributed by atoms with Gasteiger partial charge in [-0.15, -0.1) is 21.5 Å². The van der Waals surface area contributed by atoms with Gasteiger partial charge in [-0.1, -0.05) is 5.21 Å². The number of halogens is 3. The summed E-state index contributed by atoms with van der Waals surface area (Å²) in [7, 11) is 0. The number of amides is 1. The zero-order valence-electron chi connectivity index (χ0n) is 16.9. The summed E-state index contributed by atoms with van der Waals surface area (Å²) in [5.41, 5.74) is 0.617. The number of carbonyl (C=O) groups is 1. The Morgan fingerprint density at radius 1 is 1.15 bits per heavy atom. The average Bonchev–Trinajstić information content (AvgIpc) is 3.41. The van der Waals surface area contributed by atoms with Gasteiger partial charge >= 0.3 is 12.3 Å². The van der Waals surface area contributed by atoms with E-state index < -0.39 is 17.8 Å². The van der Waals surface area contributed by atoms with Gasteiger partial charge in [-0.3, -0.25) is 4.90 Å². The number of alkyl halides is 3. The Morgan fingerprint density at radius 3 is 2.64 bits per heavy atom. The minimum Gasteiger partial charge on any atom is -0.410 e. The Morgan fingerprint density at radius 2 is 1.94 bits per heavy atom. The number of thiazole rings is 1. The largest absolute Gasteiger partial charge is 0.419 e. The van der Waals surface area contributed by atoms with Gasteiger partial charge in [0.2, 0.25) is 0 Å². The third-order valence-electron chi connectivity index (χ3n) is 4.74. The lowest BCUT2D eigenvalue weighted by Crippen LogP contribution is -2.34. The highest BCUT2D eigenvalue weighted by Crippen LogP contribution is 2.31. The molecule has 2 aromatic carbocycles. The van der Waals surface area contributed by atoms with Crippen LogP contribution in [0.3, 0.4) is 0 Å². The number of nitrogens with zero attached hydrogens (tertiary/aromatic N) is 4. The Balaban J connectivity index is 1.51. The van der Waals surface area contributed by atoms with Gasteiger partial charge in [0.05, 0.1) is 15.8 Å². The fraction of sp³-hybridized carbons (Fsp3) is 0.250. The zero-order chi connectivity index (χ0) is 23.4. The van der Waals surface area contributed by atoms with Crippen LogP contribution in [0, 0.1) is 3.95 Å². The van der Waals surface area contributed by atoms with E-state index in [1.54, 1.807) is 6.07 Å². The van der Waals surface area contributed by atoms with Crippen LogP contribution in [0.2, 0.25) is 0 Å². The van der Waals surface area contributed by atoms with E-state index in [1.165, 1.54) is 16.2 Å². The molecule has 0 aliphatic heterocycles. The molecule has 0 saturated heterocycles. The van der Waals surface area contributed by atoms with E-state index in [-0.39, 0.29) is 5.75 Å². The number of aromatic nitrogens is 5. The second-order valence-electron chi connectivity index (χ2n) is 7.02. The SMILES string of the molecule is O=C(Oc1ccc(C(F)(F)F)cc1)N(CCCCc1nn[nH]n1)c1ccc2[nH]c(=S)sc2c1. The van der Waals surface area contributed by atoms with E-state index in [0.29, 0.717) is 41.3 Å². The Bertz CT molecular complexity index is 1290. The van der Waals surface area contributed by atoms with Crippen molar-refractivity contribution in [1.29, 1.82) is 0 Å². The first kappa shape index (κ1) is 22.9. The zero-order valence-corrected chi connectivity index (χ0v) is 18.6. The molecule has 1 amide bonds. The van der Waals surface area contributed by atoms with Gasteiger partial charge in [0, 0.05) is 18.7 Å². The number of benzene rings is 2. The van der Waals surface area contributed by atoms with Crippen molar-refractivity contribution >= 4 is 45.6 Å². The van der Waals surface area contributed by atoms with Crippen molar-refractivity contribution < 1.29 is 22.7 Å². The number of hydrogen-bond acceptors (Lipinski definition) is 7. The second-order valence-corrected chi connectivity index (χ2v) is 8.74. The Hall–Kier alpha value is -3.32. The summed E-state index contributed by atoms with van der Waals surface area (Å²) in [4.78, 5) is 17.5. The molecule has 0 radical (unpaired) electrons. The molecule has 0 fully saturated rings. The minimum atomic E-state index is -4.47. The molecule has 0 spiro atoms. The highest BCUT2D eigenvalue weighted by molar-refractivity contribution is 7.73. The second kappa shape index (κ2) is 9.67. The van der Waals surface area contributed by atoms with Gasteiger partial charge in [-0.25, -0.2) is 4.79 Å². The van der Waals surface area contributed by atoms with Crippen molar-refractivity contribution in [2.45, 2.75) is 25.4 Å². The van der Waals surface area contributed by atoms with Crippen LogP contribution in [0.4, 0.5) is 23.7 Å². The van der Waals surface area contributed by atoms with Gasteiger partial charge in [-0.05, 0) is 67.5 Å². The third-order valence-corrected chi connectivity index (χ3v) is 5.94. The van der Waals surface area contributed by atoms with Gasteiger partial charge in [0.25, 0.3) is 0 Å². The molecule has 0 aliphatic carbocycles. The monoisotopic (exact) mass is 494 g/mol. The number of ether oxygens (including phenoxy) is 1. The minimum absolute atomic E-state index is 0.0168. The lowest BCUT2D eigenvalue weighted by Gasteiger charge is -2.22. The van der Waals surface area contributed by atoms with Crippen molar-refractivity contribution in [2.75, 3.05) is 11.4 Å². The molecule has 33 heavy (non-hydrogen) atoms. The third kappa shape index (κ3) is 5.73. The van der Waals surface area contributed by atoms with Crippen molar-refractivity contribution in [3.8, 4) is 5.75 Å². The first-order valence-corrected chi connectivity index (χ1v) is 11.0. The summed E-state index contributed by atoms with van der Waals surface area (Å²) in [6, 6.07) is 9.38. The van der Waals surface area contributed by atoms with E-state index in [1.807, 2.05) is 12.1 Å². The van der Waals surface area contributed by atoms with Gasteiger partial charge in [0.1, 0.15) is 5.75 Å². The predicted octanol–water partition coefficient (Wildman–Crippen LogP) is 5.52. The molecule has 8 nitrogen and oxygen atoms in total. The number of anilines is 1. The van der Waals surface area contributed by atoms with Crippen LogP contribution in [0.25, 0.3) is 10.2 Å². The molecule has 2 aromatic heterocycles. The summed E-state index contributed by atoms with van der Waals surface area (Å²) in [6.07, 6.45) is -3.29. The number of carbonyl (C=O) groups excluding carboxylic acids is 1. The molecule has 0 atom stereocenters. The van der Waals surface area contributed by atoms with Gasteiger partial charge in [-0.2, -0.15) is 18.4 Å². The predicted molar refractivity (Wildman–Crippen MR) is 119 cm³/mol. The highest BCUT2D eigenvalue weighted by atomic mass is 32.1. The van der Waals surface area contributed by atoms with E-state index in [4.69, 9.17) is 17.0 Å². The molecular formula is C20H17F3N6O2S2. The van der Waals surface area contributed by atoms with Crippen LogP contribution in [0.5, 0.6) is 5.75 Å². The molecule has 2 heterocycles. The number of H-pyrrole nitrogens is 2. The highest BCUT2D eigenvalue weighted by Gasteiger charge is 2.30.